The van der Waals surface area contributed by atoms with Crippen molar-refractivity contribution in [3.05, 3.63) is 58.1 Å². The number of fused-ring (bicyclic) bond motifs is 1. The van der Waals surface area contributed by atoms with Crippen LogP contribution in [0.1, 0.15) is 25.0 Å². The van der Waals surface area contributed by atoms with E-state index in [2.05, 4.69) is 21.2 Å². The number of pyridine rings is 1. The van der Waals surface area contributed by atoms with Crippen molar-refractivity contribution in [2.24, 2.45) is 0 Å². The highest BCUT2D eigenvalue weighted by atomic mass is 79.9. The molecule has 142 valence electrons. The van der Waals surface area contributed by atoms with E-state index < -0.39 is 5.60 Å². The van der Waals surface area contributed by atoms with E-state index in [1.165, 1.54) is 0 Å². The molecule has 5 nitrogen and oxygen atoms in total. The van der Waals surface area contributed by atoms with Crippen molar-refractivity contribution in [2.45, 2.75) is 26.0 Å². The van der Waals surface area contributed by atoms with Crippen molar-refractivity contribution >= 4 is 32.7 Å². The third-order valence-electron chi connectivity index (χ3n) is 4.40. The van der Waals surface area contributed by atoms with Gasteiger partial charge in [0.25, 0.3) is 0 Å². The molecular weight excluding hydrogens is 408 g/mol. The lowest BCUT2D eigenvalue weighted by molar-refractivity contribution is 0.0802. The lowest BCUT2D eigenvalue weighted by atomic mass is 9.94. The Morgan fingerprint density at radius 1 is 1.11 bits per heavy atom. The summed E-state index contributed by atoms with van der Waals surface area (Å²) in [6.07, 6.45) is 0. The Balaban J connectivity index is 1.97. The average Bonchev–Trinajstić information content (AvgIpc) is 2.65. The molecule has 0 saturated carbocycles. The van der Waals surface area contributed by atoms with Gasteiger partial charge in [0, 0.05) is 28.0 Å². The number of aromatic nitrogens is 1. The Bertz CT molecular complexity index is 968. The van der Waals surface area contributed by atoms with Gasteiger partial charge in [0.15, 0.2) is 0 Å². The van der Waals surface area contributed by atoms with Crippen molar-refractivity contribution in [3.8, 4) is 11.5 Å². The van der Waals surface area contributed by atoms with Crippen molar-refractivity contribution in [3.63, 3.8) is 0 Å². The van der Waals surface area contributed by atoms with E-state index in [1.54, 1.807) is 28.1 Å². The van der Waals surface area contributed by atoms with E-state index in [0.29, 0.717) is 12.4 Å². The number of hydrogen-bond donors (Lipinski definition) is 2. The molecule has 0 saturated heterocycles. The summed E-state index contributed by atoms with van der Waals surface area (Å²) in [7, 11) is 3.26. The molecule has 0 aliphatic carbocycles. The molecule has 0 radical (unpaired) electrons. The second-order valence-corrected chi connectivity index (χ2v) is 7.64. The topological polar surface area (TPSA) is 63.6 Å². The summed E-state index contributed by atoms with van der Waals surface area (Å²) in [6.45, 7) is 4.08. The molecule has 0 amide bonds. The number of nitrogens with one attached hydrogen (secondary N) is 1. The standard InChI is InChI=1S/C21H23BrN2O3/c1-21(2,25)16-11-19(24-20-15(16)6-5-7-17(20)22)23-12-13-8-9-14(26-3)10-18(13)27-4/h5-11,25H,12H2,1-4H3,(H,23,24). The van der Waals surface area contributed by atoms with Crippen molar-refractivity contribution in [2.75, 3.05) is 19.5 Å². The Hall–Kier alpha value is -2.31. The van der Waals surface area contributed by atoms with Crippen LogP contribution in [0.25, 0.3) is 10.9 Å². The Labute approximate surface area is 167 Å². The molecule has 0 unspecified atom stereocenters. The normalized spacial score (nSPS) is 11.5. The van der Waals surface area contributed by atoms with Gasteiger partial charge in [-0.15, -0.1) is 0 Å². The van der Waals surface area contributed by atoms with Crippen LogP contribution in [0.4, 0.5) is 5.82 Å². The van der Waals surface area contributed by atoms with E-state index >= 15 is 0 Å². The minimum absolute atomic E-state index is 0.529. The van der Waals surface area contributed by atoms with E-state index in [1.807, 2.05) is 42.5 Å². The molecule has 0 aliphatic heterocycles. The molecular formula is C21H23BrN2O3. The number of nitrogens with zero attached hydrogens (tertiary/aromatic N) is 1. The van der Waals surface area contributed by atoms with E-state index in [9.17, 15) is 5.11 Å². The first-order valence-corrected chi connectivity index (χ1v) is 9.39. The number of aliphatic hydroxyl groups is 1. The highest BCUT2D eigenvalue weighted by molar-refractivity contribution is 9.10. The van der Waals surface area contributed by atoms with Crippen LogP contribution in [-0.2, 0) is 12.1 Å². The molecule has 0 aliphatic rings. The van der Waals surface area contributed by atoms with Crippen LogP contribution in [0.15, 0.2) is 46.9 Å². The molecule has 2 aromatic carbocycles. The number of benzene rings is 2. The van der Waals surface area contributed by atoms with E-state index in [-0.39, 0.29) is 0 Å². The number of methoxy groups -OCH3 is 2. The Morgan fingerprint density at radius 3 is 2.56 bits per heavy atom. The molecule has 1 heterocycles. The Morgan fingerprint density at radius 2 is 1.89 bits per heavy atom. The predicted octanol–water partition coefficient (Wildman–Crippen LogP) is 4.85. The monoisotopic (exact) mass is 430 g/mol. The number of ether oxygens (including phenoxy) is 2. The maximum atomic E-state index is 10.6. The zero-order chi connectivity index (χ0) is 19.6. The van der Waals surface area contributed by atoms with Gasteiger partial charge in [0.1, 0.15) is 17.3 Å². The number of hydrogen-bond acceptors (Lipinski definition) is 5. The molecule has 0 bridgehead atoms. The maximum absolute atomic E-state index is 10.6. The van der Waals surface area contributed by atoms with E-state index in [4.69, 9.17) is 14.5 Å². The largest absolute Gasteiger partial charge is 0.497 e. The maximum Gasteiger partial charge on any atom is 0.127 e. The first-order valence-electron chi connectivity index (χ1n) is 8.60. The lowest BCUT2D eigenvalue weighted by Crippen LogP contribution is -2.17. The fraction of sp³-hybridized carbons (Fsp3) is 0.286. The summed E-state index contributed by atoms with van der Waals surface area (Å²) < 4.78 is 11.6. The van der Waals surface area contributed by atoms with Crippen LogP contribution < -0.4 is 14.8 Å². The molecule has 3 aromatic rings. The zero-order valence-corrected chi connectivity index (χ0v) is 17.4. The minimum atomic E-state index is -0.990. The van der Waals surface area contributed by atoms with Crippen molar-refractivity contribution < 1.29 is 14.6 Å². The molecule has 3 rings (SSSR count). The van der Waals surface area contributed by atoms with Crippen molar-refractivity contribution in [1.82, 2.24) is 4.98 Å². The second-order valence-electron chi connectivity index (χ2n) is 6.78. The van der Waals surface area contributed by atoms with Gasteiger partial charge in [0.2, 0.25) is 0 Å². The van der Waals surface area contributed by atoms with Gasteiger partial charge in [0.05, 0.1) is 25.3 Å². The smallest absolute Gasteiger partial charge is 0.127 e. The quantitative estimate of drug-likeness (QED) is 0.584. The van der Waals surface area contributed by atoms with Gasteiger partial charge in [-0.1, -0.05) is 12.1 Å². The summed E-state index contributed by atoms with van der Waals surface area (Å²) in [5, 5.41) is 14.9. The number of para-hydroxylation sites is 1. The van der Waals surface area contributed by atoms with Crippen LogP contribution in [0.5, 0.6) is 11.5 Å². The van der Waals surface area contributed by atoms with Crippen LogP contribution in [0.2, 0.25) is 0 Å². The second kappa shape index (κ2) is 7.74. The summed E-state index contributed by atoms with van der Waals surface area (Å²) >= 11 is 3.56. The van der Waals surface area contributed by atoms with Crippen LogP contribution in [0.3, 0.4) is 0 Å². The van der Waals surface area contributed by atoms with Gasteiger partial charge >= 0.3 is 0 Å². The SMILES string of the molecule is COc1ccc(CNc2cc(C(C)(C)O)c3cccc(Br)c3n2)c(OC)c1. The third kappa shape index (κ3) is 4.17. The average molecular weight is 431 g/mol. The summed E-state index contributed by atoms with van der Waals surface area (Å²) in [6, 6.07) is 13.5. The minimum Gasteiger partial charge on any atom is -0.497 e. The number of halogens is 1. The number of rotatable bonds is 6. The van der Waals surface area contributed by atoms with Gasteiger partial charge in [-0.25, -0.2) is 4.98 Å². The van der Waals surface area contributed by atoms with Gasteiger partial charge in [-0.05, 0) is 59.6 Å². The Kier molecular flexibility index (Phi) is 5.58. The number of anilines is 1. The molecule has 27 heavy (non-hydrogen) atoms. The first kappa shape index (κ1) is 19.5. The van der Waals surface area contributed by atoms with Gasteiger partial charge in [-0.2, -0.15) is 0 Å². The molecule has 1 aromatic heterocycles. The van der Waals surface area contributed by atoms with Gasteiger partial charge in [-0.3, -0.25) is 0 Å². The lowest BCUT2D eigenvalue weighted by Gasteiger charge is -2.22. The highest BCUT2D eigenvalue weighted by Crippen LogP contribution is 2.33. The first-order chi connectivity index (χ1) is 12.8. The molecule has 0 spiro atoms. The molecule has 0 atom stereocenters. The summed E-state index contributed by atoms with van der Waals surface area (Å²) in [5.41, 5.74) is 1.62. The zero-order valence-electron chi connectivity index (χ0n) is 15.8. The van der Waals surface area contributed by atoms with Gasteiger partial charge < -0.3 is 19.9 Å². The van der Waals surface area contributed by atoms with Crippen LogP contribution >= 0.6 is 15.9 Å². The van der Waals surface area contributed by atoms with Crippen molar-refractivity contribution in [1.29, 1.82) is 0 Å². The molecule has 2 N–H and O–H groups in total. The fourth-order valence-electron chi connectivity index (χ4n) is 2.99. The fourth-order valence-corrected chi connectivity index (χ4v) is 3.45. The highest BCUT2D eigenvalue weighted by Gasteiger charge is 2.21. The summed E-state index contributed by atoms with van der Waals surface area (Å²) in [4.78, 5) is 4.72. The van der Waals surface area contributed by atoms with E-state index in [0.717, 1.165) is 38.0 Å². The third-order valence-corrected chi connectivity index (χ3v) is 5.04. The predicted molar refractivity (Wildman–Crippen MR) is 112 cm³/mol. The summed E-state index contributed by atoms with van der Waals surface area (Å²) in [5.74, 6) is 2.17. The molecule has 0 fully saturated rings. The molecule has 6 heteroatoms. The van der Waals surface area contributed by atoms with Crippen LogP contribution in [-0.4, -0.2) is 24.3 Å². The van der Waals surface area contributed by atoms with Crippen LogP contribution in [0, 0.1) is 0 Å².